The normalized spacial score (nSPS) is 13.9. The summed E-state index contributed by atoms with van der Waals surface area (Å²) in [5, 5.41) is 0.894. The largest absolute Gasteiger partial charge is 0.475 e. The maximum Gasteiger partial charge on any atom is 0.416 e. The van der Waals surface area contributed by atoms with Gasteiger partial charge in [0.2, 0.25) is 11.8 Å². The monoisotopic (exact) mass is 686 g/mol. The van der Waals surface area contributed by atoms with Gasteiger partial charge in [-0.25, -0.2) is 9.97 Å². The zero-order valence-corrected chi connectivity index (χ0v) is 28.1. The number of fused-ring (bicyclic) bond motifs is 1. The second-order valence-corrected chi connectivity index (χ2v) is 12.4. The highest BCUT2D eigenvalue weighted by Gasteiger charge is 2.30. The number of pyridine rings is 2. The van der Waals surface area contributed by atoms with Gasteiger partial charge in [-0.05, 0) is 67.9 Å². The minimum atomic E-state index is -4.48. The molecule has 6 rings (SSSR count). The summed E-state index contributed by atoms with van der Waals surface area (Å²) in [6.45, 7) is 7.42. The van der Waals surface area contributed by atoms with Gasteiger partial charge in [0.1, 0.15) is 11.4 Å². The van der Waals surface area contributed by atoms with Gasteiger partial charge in [0.25, 0.3) is 11.8 Å². The first kappa shape index (κ1) is 34.4. The SMILES string of the molecule is CC(C)Oc1ccc(CN2CCN(C(=O)c3cc4ccc(Oc5ccc(N(C)C(=O)c6ccc(C(F)(F)F)cc6)cn5)cc4n3C)CC2)cn1. The Kier molecular flexibility index (Phi) is 9.78. The number of ether oxygens (including phenoxy) is 2. The Morgan fingerprint density at radius 2 is 1.58 bits per heavy atom. The molecule has 0 radical (unpaired) electrons. The number of benzene rings is 2. The van der Waals surface area contributed by atoms with Crippen LogP contribution in [-0.2, 0) is 19.8 Å². The fourth-order valence-corrected chi connectivity index (χ4v) is 5.79. The lowest BCUT2D eigenvalue weighted by Crippen LogP contribution is -2.48. The number of carbonyl (C=O) groups excluding carboxylic acids is 2. The number of hydrogen-bond acceptors (Lipinski definition) is 7. The van der Waals surface area contributed by atoms with Crippen LogP contribution in [0.3, 0.4) is 0 Å². The molecule has 5 aromatic rings. The van der Waals surface area contributed by atoms with E-state index in [4.69, 9.17) is 9.47 Å². The summed E-state index contributed by atoms with van der Waals surface area (Å²) in [4.78, 5) is 40.6. The van der Waals surface area contributed by atoms with Crippen LogP contribution < -0.4 is 14.4 Å². The standard InChI is InChI=1S/C37H37F3N6O4/c1-24(2)49-33-13-5-25(21-41-33)23-45-15-17-46(18-16-45)36(48)32-19-27-8-12-30(20-31(27)44(32)4)50-34-14-11-29(22-42-34)43(3)35(47)26-6-9-28(10-7-26)37(38,39)40/h5-14,19-22,24H,15-18,23H2,1-4H3. The summed E-state index contributed by atoms with van der Waals surface area (Å²) in [5.41, 5.74) is 2.23. The number of carbonyl (C=O) groups is 2. The maximum absolute atomic E-state index is 13.6. The van der Waals surface area contributed by atoms with Gasteiger partial charge in [0, 0.05) is 82.2 Å². The van der Waals surface area contributed by atoms with Crippen molar-refractivity contribution in [2.75, 3.05) is 38.1 Å². The van der Waals surface area contributed by atoms with Crippen molar-refractivity contribution in [3.05, 3.63) is 108 Å². The van der Waals surface area contributed by atoms with Crippen LogP contribution in [0, 0.1) is 0 Å². The summed E-state index contributed by atoms with van der Waals surface area (Å²) in [7, 11) is 3.37. The van der Waals surface area contributed by atoms with Gasteiger partial charge >= 0.3 is 6.18 Å². The smallest absolute Gasteiger partial charge is 0.416 e. The lowest BCUT2D eigenvalue weighted by Gasteiger charge is -2.34. The van der Waals surface area contributed by atoms with Crippen LogP contribution in [0.2, 0.25) is 0 Å². The van der Waals surface area contributed by atoms with Crippen molar-refractivity contribution >= 4 is 28.4 Å². The number of amides is 2. The second kappa shape index (κ2) is 14.2. The van der Waals surface area contributed by atoms with E-state index in [-0.39, 0.29) is 23.5 Å². The van der Waals surface area contributed by atoms with Crippen LogP contribution in [0.5, 0.6) is 17.5 Å². The van der Waals surface area contributed by atoms with Gasteiger partial charge in [-0.3, -0.25) is 14.5 Å². The molecular formula is C37H37F3N6O4. The summed E-state index contributed by atoms with van der Waals surface area (Å²) < 4.78 is 52.2. The second-order valence-electron chi connectivity index (χ2n) is 12.4. The number of rotatable bonds is 9. The fourth-order valence-electron chi connectivity index (χ4n) is 5.79. The van der Waals surface area contributed by atoms with Crippen LogP contribution in [0.1, 0.15) is 45.8 Å². The lowest BCUT2D eigenvalue weighted by atomic mass is 10.1. The molecule has 0 N–H and O–H groups in total. The third-order valence-electron chi connectivity index (χ3n) is 8.55. The van der Waals surface area contributed by atoms with E-state index in [0.29, 0.717) is 36.1 Å². The Morgan fingerprint density at radius 3 is 2.20 bits per heavy atom. The van der Waals surface area contributed by atoms with Crippen molar-refractivity contribution < 1.29 is 32.2 Å². The molecule has 0 saturated carbocycles. The van der Waals surface area contributed by atoms with E-state index in [9.17, 15) is 22.8 Å². The molecule has 4 heterocycles. The zero-order chi connectivity index (χ0) is 35.6. The van der Waals surface area contributed by atoms with E-state index < -0.39 is 17.6 Å². The fraction of sp³-hybridized carbons (Fsp3) is 0.297. The molecule has 260 valence electrons. The van der Waals surface area contributed by atoms with Gasteiger partial charge in [-0.1, -0.05) is 6.07 Å². The van der Waals surface area contributed by atoms with Crippen molar-refractivity contribution in [2.24, 2.45) is 7.05 Å². The Morgan fingerprint density at radius 1 is 0.880 bits per heavy atom. The molecule has 10 nitrogen and oxygen atoms in total. The number of alkyl halides is 3. The highest BCUT2D eigenvalue weighted by atomic mass is 19.4. The lowest BCUT2D eigenvalue weighted by molar-refractivity contribution is -0.137. The van der Waals surface area contributed by atoms with Crippen LogP contribution in [-0.4, -0.2) is 75.5 Å². The predicted molar refractivity (Wildman–Crippen MR) is 183 cm³/mol. The minimum Gasteiger partial charge on any atom is -0.475 e. The predicted octanol–water partition coefficient (Wildman–Crippen LogP) is 6.80. The first-order valence-corrected chi connectivity index (χ1v) is 16.2. The van der Waals surface area contributed by atoms with Crippen molar-refractivity contribution in [1.82, 2.24) is 24.3 Å². The third-order valence-corrected chi connectivity index (χ3v) is 8.55. The molecule has 0 spiro atoms. The van der Waals surface area contributed by atoms with Crippen LogP contribution in [0.25, 0.3) is 10.9 Å². The maximum atomic E-state index is 13.6. The minimum absolute atomic E-state index is 0.0325. The highest BCUT2D eigenvalue weighted by Crippen LogP contribution is 2.30. The third kappa shape index (κ3) is 7.73. The van der Waals surface area contributed by atoms with E-state index in [2.05, 4.69) is 14.9 Å². The average molecular weight is 687 g/mol. The number of piperazine rings is 1. The molecule has 13 heteroatoms. The van der Waals surface area contributed by atoms with Crippen LogP contribution in [0.4, 0.5) is 18.9 Å². The molecule has 3 aromatic heterocycles. The summed E-state index contributed by atoms with van der Waals surface area (Å²) in [6, 6.07) is 18.6. The quantitative estimate of drug-likeness (QED) is 0.168. The van der Waals surface area contributed by atoms with Crippen molar-refractivity contribution in [1.29, 1.82) is 0 Å². The average Bonchev–Trinajstić information content (AvgIpc) is 3.43. The summed E-state index contributed by atoms with van der Waals surface area (Å²) >= 11 is 0. The van der Waals surface area contributed by atoms with Gasteiger partial charge in [-0.2, -0.15) is 13.2 Å². The summed E-state index contributed by atoms with van der Waals surface area (Å²) in [6.07, 6.45) is -1.12. The number of nitrogens with zero attached hydrogens (tertiary/aromatic N) is 6. The Hall–Kier alpha value is -5.43. The van der Waals surface area contributed by atoms with E-state index >= 15 is 0 Å². The van der Waals surface area contributed by atoms with Gasteiger partial charge in [-0.15, -0.1) is 0 Å². The highest BCUT2D eigenvalue weighted by molar-refractivity contribution is 6.05. The molecule has 0 bridgehead atoms. The van der Waals surface area contributed by atoms with E-state index in [1.54, 1.807) is 18.2 Å². The van der Waals surface area contributed by atoms with Crippen molar-refractivity contribution in [2.45, 2.75) is 32.7 Å². The molecule has 1 fully saturated rings. The zero-order valence-electron chi connectivity index (χ0n) is 28.1. The van der Waals surface area contributed by atoms with E-state index in [0.717, 1.165) is 60.4 Å². The molecule has 1 aliphatic rings. The van der Waals surface area contributed by atoms with Gasteiger partial charge < -0.3 is 23.8 Å². The molecule has 0 aliphatic carbocycles. The molecule has 0 atom stereocenters. The van der Waals surface area contributed by atoms with Crippen LogP contribution in [0.15, 0.2) is 85.2 Å². The molecule has 0 unspecified atom stereocenters. The van der Waals surface area contributed by atoms with Crippen molar-refractivity contribution in [3.63, 3.8) is 0 Å². The number of hydrogen-bond donors (Lipinski definition) is 0. The first-order chi connectivity index (χ1) is 23.9. The summed E-state index contributed by atoms with van der Waals surface area (Å²) in [5.74, 6) is 0.892. The van der Waals surface area contributed by atoms with E-state index in [1.807, 2.05) is 66.9 Å². The first-order valence-electron chi connectivity index (χ1n) is 16.2. The molecular weight excluding hydrogens is 649 g/mol. The Balaban J connectivity index is 1.05. The van der Waals surface area contributed by atoms with Gasteiger partial charge in [0.05, 0.1) is 29.1 Å². The molecule has 2 aromatic carbocycles. The van der Waals surface area contributed by atoms with Crippen LogP contribution >= 0.6 is 0 Å². The van der Waals surface area contributed by atoms with E-state index in [1.165, 1.54) is 18.1 Å². The Bertz CT molecular complexity index is 1970. The molecule has 1 saturated heterocycles. The van der Waals surface area contributed by atoms with Gasteiger partial charge in [0.15, 0.2) is 0 Å². The number of aromatic nitrogens is 3. The number of anilines is 1. The number of aryl methyl sites for hydroxylation is 1. The van der Waals surface area contributed by atoms with Crippen molar-refractivity contribution in [3.8, 4) is 17.5 Å². The molecule has 50 heavy (non-hydrogen) atoms. The topological polar surface area (TPSA) is 93.0 Å². The number of halogens is 3. The molecule has 1 aliphatic heterocycles. The molecule has 2 amide bonds. The Labute approximate surface area is 287 Å².